The van der Waals surface area contributed by atoms with Crippen LogP contribution >= 0.6 is 0 Å². The zero-order valence-electron chi connectivity index (χ0n) is 52.2. The number of urea groups is 2. The predicted octanol–water partition coefficient (Wildman–Crippen LogP) is -5.08. The van der Waals surface area contributed by atoms with Crippen LogP contribution in [0.1, 0.15) is 118 Å². The van der Waals surface area contributed by atoms with Gasteiger partial charge in [0.15, 0.2) is 0 Å². The van der Waals surface area contributed by atoms with Gasteiger partial charge in [-0.15, -0.1) is 0 Å². The molecule has 22 N–H and O–H groups in total. The van der Waals surface area contributed by atoms with Crippen LogP contribution in [-0.4, -0.2) is 208 Å². The molecule has 35 heteroatoms. The summed E-state index contributed by atoms with van der Waals surface area (Å²) in [6.07, 6.45) is -2.38. The summed E-state index contributed by atoms with van der Waals surface area (Å²) in [5, 5.41) is 65.1. The minimum absolute atomic E-state index is 0.0126. The number of hydrogen-bond acceptors (Lipinski definition) is 17. The van der Waals surface area contributed by atoms with Gasteiger partial charge in [0.1, 0.15) is 60.4 Å². The van der Waals surface area contributed by atoms with Crippen molar-refractivity contribution in [1.29, 1.82) is 0 Å². The summed E-state index contributed by atoms with van der Waals surface area (Å²) in [7, 11) is 0. The SMILES string of the molecule is CCCN[C@@H](C)C(=O)N[C@H]1CCCC[C@@H](C(=O)NCC(=O)N[C@@H](C)C(=O)O)NC(=O)[C@H](C)NC(=O)[C@H](Cc2c[nH]c3ccccc23)NC(=O)[C@H](C)NC(=O)[C@H]([C@@H](C)O)NC(=O)[C@H](CCC(=O)O)NC(=O)[C@H](CCCNC(N)=O)NC(=O)[C@H](CCCNC(N)=O)NC1=O. The number of benzene rings is 1. The number of para-hydroxylation sites is 1. The average molecular weight is 1300 g/mol. The van der Waals surface area contributed by atoms with Crippen LogP contribution in [0.25, 0.3) is 10.9 Å². The molecule has 2 heterocycles. The maximum atomic E-state index is 14.5. The lowest BCUT2D eigenvalue weighted by atomic mass is 10.0. The van der Waals surface area contributed by atoms with Gasteiger partial charge in [-0.05, 0) is 104 Å². The van der Waals surface area contributed by atoms with Gasteiger partial charge in [-0.2, -0.15) is 0 Å². The predicted molar refractivity (Wildman–Crippen MR) is 327 cm³/mol. The van der Waals surface area contributed by atoms with Gasteiger partial charge < -0.3 is 106 Å². The number of nitrogens with one attached hydrogen (secondary N) is 15. The van der Waals surface area contributed by atoms with E-state index < -0.39 is 181 Å². The highest BCUT2D eigenvalue weighted by Gasteiger charge is 2.37. The van der Waals surface area contributed by atoms with E-state index in [1.807, 2.05) is 6.92 Å². The molecule has 0 saturated carbocycles. The lowest BCUT2D eigenvalue weighted by Crippen LogP contribution is -2.61. The quantitative estimate of drug-likeness (QED) is 0.0437. The number of aliphatic hydroxyl groups is 1. The Morgan fingerprint density at radius 3 is 1.70 bits per heavy atom. The van der Waals surface area contributed by atoms with Crippen molar-refractivity contribution in [2.45, 2.75) is 191 Å². The molecule has 0 bridgehead atoms. The molecule has 3 rings (SSSR count). The van der Waals surface area contributed by atoms with Crippen molar-refractivity contribution in [2.24, 2.45) is 11.5 Å². The molecule has 12 atom stereocenters. The molecule has 92 heavy (non-hydrogen) atoms. The van der Waals surface area contributed by atoms with Gasteiger partial charge in [0.25, 0.3) is 0 Å². The number of primary amides is 2. The molecule has 1 aromatic carbocycles. The van der Waals surface area contributed by atoms with Crippen LogP contribution in [0.5, 0.6) is 0 Å². The van der Waals surface area contributed by atoms with Crippen molar-refractivity contribution in [3.63, 3.8) is 0 Å². The maximum absolute atomic E-state index is 14.5. The number of carbonyl (C=O) groups excluding carboxylic acids is 13. The standard InChI is InChI=1S/C57H89N17O18/c1-7-22-60-28(2)45(79)69-37-17-11-10-16-36(48(82)64-27-42(76)65-31(5)55(89)90)68-46(80)29(3)66-53(87)41(25-33-26-63-35-15-9-8-14-34(33)35)73-47(81)30(4)67-54(88)44(32(6)75)74-52(86)40(20-21-43(77)78)72-51(85)39(19-13-24-62-57(59)92)71-50(84)38(70-49(37)83)18-12-23-61-56(58)91/h8-9,14-15,26,28-32,36-41,44,60,63,75H,7,10-13,16-25,27H2,1-6H3,(H,64,82)(H,65,76)(H,66,87)(H,67,88)(H,68,80)(H,69,79)(H,70,83)(H,71,84)(H,72,85)(H,73,81)(H,74,86)(H,77,78)(H,89,90)(H3,58,61,91)(H3,59,62,92)/t28-,29-,30-,31-,32+,36-,37-,38-,39-,40-,41-,44-/m0/s1. The number of amides is 15. The number of nitrogens with two attached hydrogens (primary N) is 2. The normalized spacial score (nSPS) is 23.1. The highest BCUT2D eigenvalue weighted by Crippen LogP contribution is 2.20. The molecule has 15 amide bonds. The first-order valence-corrected chi connectivity index (χ1v) is 30.2. The topological polar surface area (TPSA) is 553 Å². The maximum Gasteiger partial charge on any atom is 0.325 e. The summed E-state index contributed by atoms with van der Waals surface area (Å²) in [6.45, 7) is 7.45. The molecular weight excluding hydrogens is 1210 g/mol. The van der Waals surface area contributed by atoms with Crippen molar-refractivity contribution in [2.75, 3.05) is 26.2 Å². The molecule has 1 aliphatic rings. The number of rotatable bonds is 24. The van der Waals surface area contributed by atoms with Crippen LogP contribution in [0.3, 0.4) is 0 Å². The molecule has 35 nitrogen and oxygen atoms in total. The number of aromatic amines is 1. The summed E-state index contributed by atoms with van der Waals surface area (Å²) in [4.78, 5) is 204. The average Bonchev–Trinajstić information content (AvgIpc) is 1.92. The van der Waals surface area contributed by atoms with E-state index in [1.165, 1.54) is 27.7 Å². The summed E-state index contributed by atoms with van der Waals surface area (Å²) in [6, 6.07) is -11.6. The minimum atomic E-state index is -1.92. The molecule has 1 saturated heterocycles. The second-order valence-corrected chi connectivity index (χ2v) is 22.2. The molecular formula is C57H89N17O18. The van der Waals surface area contributed by atoms with Crippen molar-refractivity contribution in [3.05, 3.63) is 36.0 Å². The van der Waals surface area contributed by atoms with Crippen molar-refractivity contribution in [3.8, 4) is 0 Å². The Morgan fingerprint density at radius 1 is 0.609 bits per heavy atom. The van der Waals surface area contributed by atoms with Crippen LogP contribution in [0.4, 0.5) is 9.59 Å². The Morgan fingerprint density at radius 2 is 1.13 bits per heavy atom. The zero-order chi connectivity index (χ0) is 68.8. The van der Waals surface area contributed by atoms with E-state index in [2.05, 4.69) is 79.4 Å². The molecule has 0 radical (unpaired) electrons. The van der Waals surface area contributed by atoms with Crippen LogP contribution in [0.15, 0.2) is 30.5 Å². The van der Waals surface area contributed by atoms with Crippen molar-refractivity contribution < 1.29 is 87.2 Å². The Kier molecular flexibility index (Phi) is 32.3. The van der Waals surface area contributed by atoms with Gasteiger partial charge >= 0.3 is 24.0 Å². The Hall–Kier alpha value is -9.67. The molecule has 510 valence electrons. The second-order valence-electron chi connectivity index (χ2n) is 22.2. The Labute approximate surface area is 529 Å². The van der Waals surface area contributed by atoms with Crippen LogP contribution < -0.4 is 85.9 Å². The van der Waals surface area contributed by atoms with E-state index in [-0.39, 0.29) is 70.9 Å². The van der Waals surface area contributed by atoms with Crippen LogP contribution in [0.2, 0.25) is 0 Å². The van der Waals surface area contributed by atoms with Crippen molar-refractivity contribution >= 4 is 99.9 Å². The molecule has 1 aromatic heterocycles. The summed E-state index contributed by atoms with van der Waals surface area (Å²) in [5.41, 5.74) is 11.7. The Balaban J connectivity index is 2.24. The van der Waals surface area contributed by atoms with Crippen molar-refractivity contribution in [1.82, 2.24) is 79.4 Å². The lowest BCUT2D eigenvalue weighted by Gasteiger charge is -2.28. The number of H-pyrrole nitrogens is 1. The Bertz CT molecular complexity index is 2940. The van der Waals surface area contributed by atoms with E-state index >= 15 is 0 Å². The molecule has 1 aliphatic heterocycles. The third-order valence-corrected chi connectivity index (χ3v) is 14.5. The third-order valence-electron chi connectivity index (χ3n) is 14.5. The molecule has 0 unspecified atom stereocenters. The van der Waals surface area contributed by atoms with Gasteiger partial charge in [0, 0.05) is 43.0 Å². The second kappa shape index (κ2) is 38.8. The summed E-state index contributed by atoms with van der Waals surface area (Å²) >= 11 is 0. The monoisotopic (exact) mass is 1300 g/mol. The largest absolute Gasteiger partial charge is 0.481 e. The summed E-state index contributed by atoms with van der Waals surface area (Å²) < 4.78 is 0. The highest BCUT2D eigenvalue weighted by molar-refractivity contribution is 5.99. The first-order valence-electron chi connectivity index (χ1n) is 30.2. The lowest BCUT2D eigenvalue weighted by molar-refractivity contribution is -0.141. The molecule has 2 aromatic rings. The van der Waals surface area contributed by atoms with Gasteiger partial charge in [-0.3, -0.25) is 62.3 Å². The summed E-state index contributed by atoms with van der Waals surface area (Å²) in [5.74, 6) is -13.8. The fourth-order valence-corrected chi connectivity index (χ4v) is 9.29. The number of hydrogen-bond donors (Lipinski definition) is 20. The molecule has 1 fully saturated rings. The number of carboxylic acid groups (broad SMARTS) is 2. The van der Waals surface area contributed by atoms with Crippen LogP contribution in [-0.2, 0) is 68.7 Å². The molecule has 0 aliphatic carbocycles. The minimum Gasteiger partial charge on any atom is -0.481 e. The van der Waals surface area contributed by atoms with Gasteiger partial charge in [-0.1, -0.05) is 38.0 Å². The molecule has 0 spiro atoms. The van der Waals surface area contributed by atoms with Gasteiger partial charge in [0.05, 0.1) is 18.7 Å². The first kappa shape index (κ1) is 76.6. The number of aliphatic hydroxyl groups excluding tert-OH is 1. The third kappa shape index (κ3) is 26.8. The van der Waals surface area contributed by atoms with E-state index in [9.17, 15) is 87.2 Å². The van der Waals surface area contributed by atoms with Crippen LogP contribution in [0, 0.1) is 0 Å². The number of carbonyl (C=O) groups is 15. The highest BCUT2D eigenvalue weighted by atomic mass is 16.4. The number of aliphatic carboxylic acids is 2. The smallest absolute Gasteiger partial charge is 0.325 e. The van der Waals surface area contributed by atoms with E-state index in [4.69, 9.17) is 11.5 Å². The van der Waals surface area contributed by atoms with Gasteiger partial charge in [0.2, 0.25) is 65.0 Å². The zero-order valence-corrected chi connectivity index (χ0v) is 52.2. The number of fused-ring (bicyclic) bond motifs is 1. The van der Waals surface area contributed by atoms with E-state index in [1.54, 1.807) is 30.5 Å². The first-order chi connectivity index (χ1) is 43.4. The number of carboxylic acids is 2. The van der Waals surface area contributed by atoms with E-state index in [0.29, 0.717) is 29.4 Å². The fourth-order valence-electron chi connectivity index (χ4n) is 9.29. The number of aromatic nitrogens is 1. The van der Waals surface area contributed by atoms with Gasteiger partial charge in [-0.25, -0.2) is 9.59 Å². The fraction of sp³-hybridized carbons (Fsp3) is 0.596. The van der Waals surface area contributed by atoms with E-state index in [0.717, 1.165) is 6.92 Å².